The molecule has 0 radical (unpaired) electrons. The molecule has 1 aromatic rings. The zero-order valence-electron chi connectivity index (χ0n) is 12.4. The van der Waals surface area contributed by atoms with Crippen LogP contribution in [0.1, 0.15) is 39.7 Å². The van der Waals surface area contributed by atoms with E-state index in [4.69, 9.17) is 11.6 Å². The average Bonchev–Trinajstić information content (AvgIpc) is 2.35. The SMILES string of the molecule is CCCNCC(C)(Cc1cccc(F)c1Cl)C(C)C. The van der Waals surface area contributed by atoms with Crippen LogP contribution in [0, 0.1) is 17.2 Å². The fourth-order valence-corrected chi connectivity index (χ4v) is 2.33. The quantitative estimate of drug-likeness (QED) is 0.717. The fraction of sp³-hybridized carbons (Fsp3) is 0.625. The Hall–Kier alpha value is -0.600. The molecular formula is C16H25ClFN. The molecule has 0 aliphatic heterocycles. The number of benzene rings is 1. The predicted molar refractivity (Wildman–Crippen MR) is 81.2 cm³/mol. The van der Waals surface area contributed by atoms with Gasteiger partial charge < -0.3 is 5.32 Å². The smallest absolute Gasteiger partial charge is 0.142 e. The molecule has 0 spiro atoms. The van der Waals surface area contributed by atoms with Crippen LogP contribution in [-0.2, 0) is 6.42 Å². The molecule has 0 heterocycles. The van der Waals surface area contributed by atoms with E-state index in [0.717, 1.165) is 31.5 Å². The molecule has 19 heavy (non-hydrogen) atoms. The molecule has 0 aromatic heterocycles. The Morgan fingerprint density at radius 2 is 2.05 bits per heavy atom. The molecule has 0 saturated heterocycles. The molecule has 108 valence electrons. The van der Waals surface area contributed by atoms with Crippen molar-refractivity contribution in [2.45, 2.75) is 40.5 Å². The molecule has 1 unspecified atom stereocenters. The van der Waals surface area contributed by atoms with Gasteiger partial charge in [-0.2, -0.15) is 0 Å². The summed E-state index contributed by atoms with van der Waals surface area (Å²) in [7, 11) is 0. The Morgan fingerprint density at radius 3 is 2.63 bits per heavy atom. The van der Waals surface area contributed by atoms with Crippen molar-refractivity contribution in [3.05, 3.63) is 34.6 Å². The van der Waals surface area contributed by atoms with E-state index in [0.29, 0.717) is 5.92 Å². The first-order chi connectivity index (χ1) is 8.90. The Morgan fingerprint density at radius 1 is 1.37 bits per heavy atom. The van der Waals surface area contributed by atoms with E-state index >= 15 is 0 Å². The molecule has 0 fully saturated rings. The molecular weight excluding hydrogens is 261 g/mol. The second-order valence-corrected chi connectivity index (χ2v) is 6.25. The van der Waals surface area contributed by atoms with Crippen molar-refractivity contribution in [2.75, 3.05) is 13.1 Å². The summed E-state index contributed by atoms with van der Waals surface area (Å²) in [5.74, 6) is 0.169. The van der Waals surface area contributed by atoms with Gasteiger partial charge >= 0.3 is 0 Å². The lowest BCUT2D eigenvalue weighted by atomic mass is 9.74. The van der Waals surface area contributed by atoms with Gasteiger partial charge in [0.25, 0.3) is 0 Å². The van der Waals surface area contributed by atoms with E-state index < -0.39 is 0 Å². The summed E-state index contributed by atoms with van der Waals surface area (Å²) >= 11 is 6.07. The zero-order chi connectivity index (χ0) is 14.5. The summed E-state index contributed by atoms with van der Waals surface area (Å²) in [6, 6.07) is 5.07. The molecule has 0 aliphatic carbocycles. The minimum Gasteiger partial charge on any atom is -0.316 e. The highest BCUT2D eigenvalue weighted by molar-refractivity contribution is 6.31. The zero-order valence-corrected chi connectivity index (χ0v) is 13.1. The van der Waals surface area contributed by atoms with Crippen LogP contribution in [0.25, 0.3) is 0 Å². The molecule has 1 aromatic carbocycles. The third-order valence-electron chi connectivity index (χ3n) is 3.98. The van der Waals surface area contributed by atoms with Crippen LogP contribution in [-0.4, -0.2) is 13.1 Å². The molecule has 1 N–H and O–H groups in total. The molecule has 1 rings (SSSR count). The van der Waals surface area contributed by atoms with Gasteiger partial charge in [-0.05, 0) is 42.3 Å². The summed E-state index contributed by atoms with van der Waals surface area (Å²) < 4.78 is 13.5. The minimum absolute atomic E-state index is 0.0760. The monoisotopic (exact) mass is 285 g/mol. The van der Waals surface area contributed by atoms with Crippen LogP contribution in [0.2, 0.25) is 5.02 Å². The van der Waals surface area contributed by atoms with Crippen LogP contribution in [0.3, 0.4) is 0 Å². The maximum absolute atomic E-state index is 13.5. The molecule has 1 nitrogen and oxygen atoms in total. The van der Waals surface area contributed by atoms with Crippen molar-refractivity contribution in [3.8, 4) is 0 Å². The topological polar surface area (TPSA) is 12.0 Å². The van der Waals surface area contributed by atoms with Gasteiger partial charge in [0.15, 0.2) is 0 Å². The van der Waals surface area contributed by atoms with Gasteiger partial charge in [0, 0.05) is 6.54 Å². The van der Waals surface area contributed by atoms with Crippen LogP contribution >= 0.6 is 11.6 Å². The Bertz CT molecular complexity index is 406. The average molecular weight is 286 g/mol. The lowest BCUT2D eigenvalue weighted by Crippen LogP contribution is -2.38. The van der Waals surface area contributed by atoms with Crippen molar-refractivity contribution in [1.29, 1.82) is 0 Å². The van der Waals surface area contributed by atoms with Crippen molar-refractivity contribution < 1.29 is 4.39 Å². The first-order valence-electron chi connectivity index (χ1n) is 7.04. The fourth-order valence-electron chi connectivity index (χ4n) is 2.14. The highest BCUT2D eigenvalue weighted by atomic mass is 35.5. The van der Waals surface area contributed by atoms with Gasteiger partial charge in [-0.1, -0.05) is 51.4 Å². The number of hydrogen-bond acceptors (Lipinski definition) is 1. The molecule has 0 bridgehead atoms. The first-order valence-corrected chi connectivity index (χ1v) is 7.42. The molecule has 0 amide bonds. The van der Waals surface area contributed by atoms with E-state index in [1.54, 1.807) is 6.07 Å². The van der Waals surface area contributed by atoms with Gasteiger partial charge in [0.1, 0.15) is 5.82 Å². The van der Waals surface area contributed by atoms with Crippen molar-refractivity contribution in [3.63, 3.8) is 0 Å². The molecule has 0 aliphatic rings. The second-order valence-electron chi connectivity index (χ2n) is 5.88. The van der Waals surface area contributed by atoms with Crippen LogP contribution in [0.15, 0.2) is 18.2 Å². The highest BCUT2D eigenvalue weighted by Crippen LogP contribution is 2.33. The predicted octanol–water partition coefficient (Wildman–Crippen LogP) is 4.68. The third-order valence-corrected chi connectivity index (χ3v) is 4.40. The normalized spacial score (nSPS) is 14.7. The van der Waals surface area contributed by atoms with Gasteiger partial charge in [0.2, 0.25) is 0 Å². The third kappa shape index (κ3) is 4.47. The Labute approximate surface area is 121 Å². The maximum Gasteiger partial charge on any atom is 0.142 e. The van der Waals surface area contributed by atoms with Gasteiger partial charge in [-0.25, -0.2) is 4.39 Å². The van der Waals surface area contributed by atoms with E-state index in [1.165, 1.54) is 6.07 Å². The number of rotatable bonds is 7. The highest BCUT2D eigenvalue weighted by Gasteiger charge is 2.29. The van der Waals surface area contributed by atoms with Gasteiger partial charge in [-0.15, -0.1) is 0 Å². The lowest BCUT2D eigenvalue weighted by Gasteiger charge is -2.34. The second kappa shape index (κ2) is 7.25. The summed E-state index contributed by atoms with van der Waals surface area (Å²) in [5, 5.41) is 3.74. The first kappa shape index (κ1) is 16.5. The molecule has 3 heteroatoms. The Balaban J connectivity index is 2.85. The summed E-state index contributed by atoms with van der Waals surface area (Å²) in [4.78, 5) is 0. The van der Waals surface area contributed by atoms with E-state index in [1.807, 2.05) is 6.07 Å². The minimum atomic E-state index is -0.327. The van der Waals surface area contributed by atoms with Crippen LogP contribution < -0.4 is 5.32 Å². The molecule has 0 saturated carbocycles. The van der Waals surface area contributed by atoms with E-state index in [-0.39, 0.29) is 16.3 Å². The number of halogens is 2. The number of nitrogens with one attached hydrogen (secondary N) is 1. The standard InChI is InChI=1S/C16H25ClFN/c1-5-9-19-11-16(4,12(2)3)10-13-7-6-8-14(18)15(13)17/h6-8,12,19H,5,9-11H2,1-4H3. The maximum atomic E-state index is 13.5. The summed E-state index contributed by atoms with van der Waals surface area (Å²) in [6.45, 7) is 10.7. The summed E-state index contributed by atoms with van der Waals surface area (Å²) in [5.41, 5.74) is 0.975. The number of hydrogen-bond donors (Lipinski definition) is 1. The van der Waals surface area contributed by atoms with E-state index in [9.17, 15) is 4.39 Å². The van der Waals surface area contributed by atoms with Crippen molar-refractivity contribution in [2.24, 2.45) is 11.3 Å². The van der Waals surface area contributed by atoms with Crippen molar-refractivity contribution >= 4 is 11.6 Å². The van der Waals surface area contributed by atoms with Gasteiger partial charge in [0.05, 0.1) is 5.02 Å². The lowest BCUT2D eigenvalue weighted by molar-refractivity contribution is 0.207. The van der Waals surface area contributed by atoms with Crippen LogP contribution in [0.5, 0.6) is 0 Å². The largest absolute Gasteiger partial charge is 0.316 e. The molecule has 1 atom stereocenters. The Kier molecular flexibility index (Phi) is 6.28. The van der Waals surface area contributed by atoms with Crippen molar-refractivity contribution in [1.82, 2.24) is 5.32 Å². The summed E-state index contributed by atoms with van der Waals surface area (Å²) in [6.07, 6.45) is 1.91. The van der Waals surface area contributed by atoms with Gasteiger partial charge in [-0.3, -0.25) is 0 Å². The van der Waals surface area contributed by atoms with E-state index in [2.05, 4.69) is 33.0 Å². The van der Waals surface area contributed by atoms with Crippen LogP contribution in [0.4, 0.5) is 4.39 Å².